The molecule has 1 aliphatic heterocycles. The summed E-state index contributed by atoms with van der Waals surface area (Å²) in [6.07, 6.45) is 16.6. The Hall–Kier alpha value is -1.52. The third-order valence-corrected chi connectivity index (χ3v) is 5.23. The third-order valence-electron chi connectivity index (χ3n) is 5.23. The Morgan fingerprint density at radius 3 is 2.29 bits per heavy atom. The van der Waals surface area contributed by atoms with Gasteiger partial charge in [-0.25, -0.2) is 4.68 Å². The predicted octanol–water partition coefficient (Wildman–Crippen LogP) is 4.07. The highest BCUT2D eigenvalue weighted by molar-refractivity contribution is 5.96. The number of rotatable bonds is 2. The molecule has 5 heteroatoms. The average molecular weight is 333 g/mol. The summed E-state index contributed by atoms with van der Waals surface area (Å²) in [5.41, 5.74) is 0.598. The monoisotopic (exact) mass is 333 g/mol. The minimum Gasteiger partial charge on any atom is -0.477 e. The fourth-order valence-corrected chi connectivity index (χ4v) is 3.80. The van der Waals surface area contributed by atoms with Gasteiger partial charge in [-0.15, -0.1) is 0 Å². The molecule has 0 bridgehead atoms. The van der Waals surface area contributed by atoms with Crippen LogP contribution in [0.4, 0.5) is 0 Å². The van der Waals surface area contributed by atoms with Crippen molar-refractivity contribution in [3.8, 4) is 5.88 Å². The molecule has 0 radical (unpaired) electrons. The summed E-state index contributed by atoms with van der Waals surface area (Å²) in [5.74, 6) is 0.627. The van der Waals surface area contributed by atoms with Crippen molar-refractivity contribution in [3.05, 3.63) is 11.8 Å². The quantitative estimate of drug-likeness (QED) is 0.887. The fourth-order valence-electron chi connectivity index (χ4n) is 3.80. The number of hydrogen-bond acceptors (Lipinski definition) is 3. The standard InChI is InChI=1S/C19H31N3O2/c23-18(17-15-20-22-13-10-14-24-19(17)22)21-16-11-8-6-4-2-1-3-5-7-9-12-16/h15-16H,1-14H2,(H,21,23). The number of nitrogens with zero attached hydrogens (tertiary/aromatic N) is 2. The second-order valence-electron chi connectivity index (χ2n) is 7.22. The molecule has 2 aliphatic rings. The Kier molecular flexibility index (Phi) is 6.56. The minimum atomic E-state index is -0.0183. The van der Waals surface area contributed by atoms with Crippen molar-refractivity contribution in [2.24, 2.45) is 0 Å². The molecule has 0 saturated heterocycles. The van der Waals surface area contributed by atoms with Gasteiger partial charge in [-0.05, 0) is 12.8 Å². The van der Waals surface area contributed by atoms with Gasteiger partial charge in [0.15, 0.2) is 0 Å². The first-order valence-corrected chi connectivity index (χ1v) is 9.84. The Labute approximate surface area is 145 Å². The number of fused-ring (bicyclic) bond motifs is 1. The molecule has 24 heavy (non-hydrogen) atoms. The van der Waals surface area contributed by atoms with Gasteiger partial charge in [0.05, 0.1) is 12.8 Å². The molecule has 1 amide bonds. The summed E-state index contributed by atoms with van der Waals surface area (Å²) < 4.78 is 7.46. The molecule has 2 heterocycles. The topological polar surface area (TPSA) is 56.2 Å². The van der Waals surface area contributed by atoms with E-state index >= 15 is 0 Å². The Bertz CT molecular complexity index is 515. The number of aryl methyl sites for hydroxylation is 1. The van der Waals surface area contributed by atoms with Crippen LogP contribution in [0.25, 0.3) is 0 Å². The van der Waals surface area contributed by atoms with Crippen LogP contribution in [0.1, 0.15) is 87.4 Å². The van der Waals surface area contributed by atoms with Crippen molar-refractivity contribution >= 4 is 5.91 Å². The molecule has 0 spiro atoms. The molecule has 1 saturated carbocycles. The van der Waals surface area contributed by atoms with E-state index in [1.807, 2.05) is 0 Å². The second kappa shape index (κ2) is 9.09. The molecule has 5 nitrogen and oxygen atoms in total. The number of hydrogen-bond donors (Lipinski definition) is 1. The van der Waals surface area contributed by atoms with E-state index in [0.29, 0.717) is 18.1 Å². The summed E-state index contributed by atoms with van der Waals surface area (Å²) in [6, 6.07) is 0.288. The zero-order chi connectivity index (χ0) is 16.6. The van der Waals surface area contributed by atoms with Crippen LogP contribution in [0, 0.1) is 0 Å². The van der Waals surface area contributed by atoms with Crippen molar-refractivity contribution in [2.45, 2.75) is 89.6 Å². The van der Waals surface area contributed by atoms with Crippen LogP contribution < -0.4 is 10.1 Å². The largest absolute Gasteiger partial charge is 0.477 e. The number of ether oxygens (including phenoxy) is 1. The van der Waals surface area contributed by atoms with Gasteiger partial charge in [0.1, 0.15) is 5.56 Å². The summed E-state index contributed by atoms with van der Waals surface area (Å²) >= 11 is 0. The first-order chi connectivity index (χ1) is 11.8. The summed E-state index contributed by atoms with van der Waals surface area (Å²) in [6.45, 7) is 1.52. The van der Waals surface area contributed by atoms with Crippen LogP contribution >= 0.6 is 0 Å². The van der Waals surface area contributed by atoms with Gasteiger partial charge in [0, 0.05) is 19.0 Å². The van der Waals surface area contributed by atoms with E-state index in [1.165, 1.54) is 57.8 Å². The highest BCUT2D eigenvalue weighted by atomic mass is 16.5. The maximum absolute atomic E-state index is 12.7. The van der Waals surface area contributed by atoms with Gasteiger partial charge >= 0.3 is 0 Å². The van der Waals surface area contributed by atoms with Gasteiger partial charge < -0.3 is 10.1 Å². The molecule has 0 unspecified atom stereocenters. The van der Waals surface area contributed by atoms with E-state index in [2.05, 4.69) is 10.4 Å². The molecule has 1 aromatic rings. The van der Waals surface area contributed by atoms with E-state index in [4.69, 9.17) is 4.74 Å². The first kappa shape index (κ1) is 17.3. The first-order valence-electron chi connectivity index (χ1n) is 9.84. The van der Waals surface area contributed by atoms with E-state index in [9.17, 15) is 4.79 Å². The number of nitrogens with one attached hydrogen (secondary N) is 1. The van der Waals surface area contributed by atoms with E-state index < -0.39 is 0 Å². The summed E-state index contributed by atoms with van der Waals surface area (Å²) in [7, 11) is 0. The molecule has 134 valence electrons. The van der Waals surface area contributed by atoms with E-state index in [-0.39, 0.29) is 11.9 Å². The minimum absolute atomic E-state index is 0.0183. The van der Waals surface area contributed by atoms with Crippen LogP contribution in [0.15, 0.2) is 6.20 Å². The molecule has 1 aromatic heterocycles. The third kappa shape index (κ3) is 4.74. The number of carbonyl (C=O) groups is 1. The van der Waals surface area contributed by atoms with Crippen LogP contribution in [-0.4, -0.2) is 28.3 Å². The molecule has 3 rings (SSSR count). The normalized spacial score (nSPS) is 21.0. The maximum atomic E-state index is 12.7. The van der Waals surface area contributed by atoms with Gasteiger partial charge in [0.25, 0.3) is 5.91 Å². The molecule has 1 fully saturated rings. The average Bonchev–Trinajstić information content (AvgIpc) is 3.01. The van der Waals surface area contributed by atoms with Crippen LogP contribution in [0.2, 0.25) is 0 Å². The highest BCUT2D eigenvalue weighted by Crippen LogP contribution is 2.23. The van der Waals surface area contributed by atoms with Crippen LogP contribution in [0.3, 0.4) is 0 Å². The lowest BCUT2D eigenvalue weighted by atomic mass is 9.98. The maximum Gasteiger partial charge on any atom is 0.258 e. The SMILES string of the molecule is O=C(NC1CCCCCCCCCCC1)c1cnn2c1OCCC2. The predicted molar refractivity (Wildman–Crippen MR) is 94.4 cm³/mol. The molecule has 1 aliphatic carbocycles. The Balaban J connectivity index is 1.57. The second-order valence-corrected chi connectivity index (χ2v) is 7.22. The molecule has 0 aromatic carbocycles. The number of carbonyl (C=O) groups excluding carboxylic acids is 1. The van der Waals surface area contributed by atoms with Crippen molar-refractivity contribution in [1.82, 2.24) is 15.1 Å². The zero-order valence-corrected chi connectivity index (χ0v) is 14.8. The van der Waals surface area contributed by atoms with Crippen molar-refractivity contribution in [3.63, 3.8) is 0 Å². The van der Waals surface area contributed by atoms with Gasteiger partial charge in [-0.2, -0.15) is 5.10 Å². The summed E-state index contributed by atoms with van der Waals surface area (Å²) in [4.78, 5) is 12.7. The van der Waals surface area contributed by atoms with Crippen molar-refractivity contribution in [1.29, 1.82) is 0 Å². The lowest BCUT2D eigenvalue weighted by molar-refractivity contribution is 0.0925. The van der Waals surface area contributed by atoms with Gasteiger partial charge in [-0.3, -0.25) is 4.79 Å². The van der Waals surface area contributed by atoms with Crippen LogP contribution in [-0.2, 0) is 6.54 Å². The Morgan fingerprint density at radius 2 is 1.62 bits per heavy atom. The van der Waals surface area contributed by atoms with Crippen LogP contribution in [0.5, 0.6) is 5.88 Å². The molecular formula is C19H31N3O2. The highest BCUT2D eigenvalue weighted by Gasteiger charge is 2.23. The fraction of sp³-hybridized carbons (Fsp3) is 0.789. The molecule has 0 atom stereocenters. The van der Waals surface area contributed by atoms with E-state index in [0.717, 1.165) is 25.8 Å². The smallest absolute Gasteiger partial charge is 0.258 e. The molecule has 1 N–H and O–H groups in total. The molecular weight excluding hydrogens is 302 g/mol. The lowest BCUT2D eigenvalue weighted by Gasteiger charge is -2.20. The Morgan fingerprint density at radius 1 is 1.00 bits per heavy atom. The van der Waals surface area contributed by atoms with Crippen molar-refractivity contribution < 1.29 is 9.53 Å². The van der Waals surface area contributed by atoms with Gasteiger partial charge in [0.2, 0.25) is 5.88 Å². The van der Waals surface area contributed by atoms with E-state index in [1.54, 1.807) is 10.9 Å². The lowest BCUT2D eigenvalue weighted by Crippen LogP contribution is -2.35. The summed E-state index contributed by atoms with van der Waals surface area (Å²) in [5, 5.41) is 7.54. The van der Waals surface area contributed by atoms with Crippen molar-refractivity contribution in [2.75, 3.05) is 6.61 Å². The zero-order valence-electron chi connectivity index (χ0n) is 14.8. The number of amides is 1. The number of aromatic nitrogens is 2. The van der Waals surface area contributed by atoms with Gasteiger partial charge in [-0.1, -0.05) is 57.8 Å².